The van der Waals surface area contributed by atoms with Crippen LogP contribution in [0, 0.1) is 5.92 Å². The second-order valence-electron chi connectivity index (χ2n) is 7.08. The molecule has 2 atom stereocenters. The van der Waals surface area contributed by atoms with Crippen molar-refractivity contribution in [2.45, 2.75) is 38.6 Å². The summed E-state index contributed by atoms with van der Waals surface area (Å²) < 4.78 is 5.57. The van der Waals surface area contributed by atoms with Gasteiger partial charge in [0.1, 0.15) is 5.75 Å². The second-order valence-corrected chi connectivity index (χ2v) is 7.52. The van der Waals surface area contributed by atoms with Crippen molar-refractivity contribution in [1.82, 2.24) is 9.80 Å². The maximum atomic E-state index is 12.3. The van der Waals surface area contributed by atoms with Gasteiger partial charge in [0.15, 0.2) is 6.61 Å². The summed E-state index contributed by atoms with van der Waals surface area (Å²) in [4.78, 5) is 16.8. The summed E-state index contributed by atoms with van der Waals surface area (Å²) in [5.41, 5.74) is 0. The maximum Gasteiger partial charge on any atom is 0.260 e. The first-order chi connectivity index (χ1) is 11.6. The number of carbonyl (C=O) groups is 1. The molecule has 0 spiro atoms. The fourth-order valence-corrected chi connectivity index (χ4v) is 3.96. The van der Waals surface area contributed by atoms with Crippen molar-refractivity contribution in [3.8, 4) is 5.75 Å². The molecule has 1 saturated heterocycles. The molecule has 1 heterocycles. The molecule has 0 bridgehead atoms. The van der Waals surface area contributed by atoms with E-state index in [9.17, 15) is 4.79 Å². The van der Waals surface area contributed by atoms with Crippen molar-refractivity contribution in [2.75, 3.05) is 32.8 Å². The van der Waals surface area contributed by atoms with Crippen molar-refractivity contribution in [1.29, 1.82) is 0 Å². The van der Waals surface area contributed by atoms with E-state index in [0.717, 1.165) is 38.1 Å². The van der Waals surface area contributed by atoms with Gasteiger partial charge in [-0.2, -0.15) is 0 Å². The molecular formula is C19H27ClN2O2. The number of hydrogen-bond acceptors (Lipinski definition) is 3. The quantitative estimate of drug-likeness (QED) is 0.833. The lowest BCUT2D eigenvalue weighted by Crippen LogP contribution is -2.53. The summed E-state index contributed by atoms with van der Waals surface area (Å²) in [7, 11) is 0. The lowest BCUT2D eigenvalue weighted by molar-refractivity contribution is -0.135. The van der Waals surface area contributed by atoms with E-state index in [-0.39, 0.29) is 12.5 Å². The molecule has 0 radical (unpaired) electrons. The van der Waals surface area contributed by atoms with E-state index in [1.54, 1.807) is 24.3 Å². The Hall–Kier alpha value is -1.26. The molecule has 1 aromatic rings. The van der Waals surface area contributed by atoms with Crippen molar-refractivity contribution >= 4 is 17.5 Å². The van der Waals surface area contributed by atoms with Gasteiger partial charge in [-0.25, -0.2) is 0 Å². The summed E-state index contributed by atoms with van der Waals surface area (Å²) >= 11 is 5.85. The monoisotopic (exact) mass is 350 g/mol. The minimum absolute atomic E-state index is 0.0709. The first-order valence-electron chi connectivity index (χ1n) is 9.02. The summed E-state index contributed by atoms with van der Waals surface area (Å²) in [6.07, 6.45) is 5.35. The van der Waals surface area contributed by atoms with Crippen molar-refractivity contribution in [3.05, 3.63) is 29.3 Å². The molecule has 2 fully saturated rings. The van der Waals surface area contributed by atoms with E-state index in [2.05, 4.69) is 11.8 Å². The fourth-order valence-electron chi connectivity index (χ4n) is 3.84. The molecule has 1 aromatic carbocycles. The number of ether oxygens (including phenoxy) is 1. The predicted octanol–water partition coefficient (Wildman–Crippen LogP) is 3.44. The van der Waals surface area contributed by atoms with Gasteiger partial charge in [0, 0.05) is 37.2 Å². The Bertz CT molecular complexity index is 541. The number of carbonyl (C=O) groups excluding carboxylic acids is 1. The zero-order valence-electron chi connectivity index (χ0n) is 14.4. The second kappa shape index (κ2) is 8.21. The zero-order valence-corrected chi connectivity index (χ0v) is 15.2. The number of amides is 1. The van der Waals surface area contributed by atoms with Gasteiger partial charge in [0.25, 0.3) is 5.91 Å². The molecule has 3 rings (SSSR count). The van der Waals surface area contributed by atoms with Crippen LogP contribution in [-0.2, 0) is 4.79 Å². The zero-order chi connectivity index (χ0) is 16.9. The summed E-state index contributed by atoms with van der Waals surface area (Å²) in [5.74, 6) is 1.60. The van der Waals surface area contributed by atoms with Crippen LogP contribution in [0.2, 0.25) is 5.02 Å². The SMILES string of the molecule is CC1CCCC(N2CCN(C(=O)COc3ccc(Cl)cc3)CC2)C1. The molecule has 1 aliphatic heterocycles. The molecule has 1 amide bonds. The van der Waals surface area contributed by atoms with E-state index < -0.39 is 0 Å². The predicted molar refractivity (Wildman–Crippen MR) is 96.5 cm³/mol. The molecule has 2 unspecified atom stereocenters. The highest BCUT2D eigenvalue weighted by molar-refractivity contribution is 6.30. The average Bonchev–Trinajstić information content (AvgIpc) is 2.61. The third-order valence-corrected chi connectivity index (χ3v) is 5.52. The number of nitrogens with zero attached hydrogens (tertiary/aromatic N) is 2. The largest absolute Gasteiger partial charge is 0.484 e. The van der Waals surface area contributed by atoms with Crippen LogP contribution in [-0.4, -0.2) is 54.5 Å². The maximum absolute atomic E-state index is 12.3. The molecule has 24 heavy (non-hydrogen) atoms. The Morgan fingerprint density at radius 2 is 1.88 bits per heavy atom. The minimum Gasteiger partial charge on any atom is -0.484 e. The van der Waals surface area contributed by atoms with Gasteiger partial charge in [-0.05, 0) is 43.0 Å². The van der Waals surface area contributed by atoms with Gasteiger partial charge in [0.2, 0.25) is 0 Å². The van der Waals surface area contributed by atoms with Crippen LogP contribution in [0.4, 0.5) is 0 Å². The lowest BCUT2D eigenvalue weighted by Gasteiger charge is -2.42. The molecule has 132 valence electrons. The number of rotatable bonds is 4. The Morgan fingerprint density at radius 1 is 1.17 bits per heavy atom. The minimum atomic E-state index is 0.0709. The number of halogens is 1. The van der Waals surface area contributed by atoms with Crippen molar-refractivity contribution < 1.29 is 9.53 Å². The van der Waals surface area contributed by atoms with Crippen molar-refractivity contribution in [3.63, 3.8) is 0 Å². The van der Waals surface area contributed by atoms with Crippen molar-refractivity contribution in [2.24, 2.45) is 5.92 Å². The topological polar surface area (TPSA) is 32.8 Å². The molecule has 0 N–H and O–H groups in total. The highest BCUT2D eigenvalue weighted by atomic mass is 35.5. The molecular weight excluding hydrogens is 324 g/mol. The van der Waals surface area contributed by atoms with Crippen LogP contribution in [0.1, 0.15) is 32.6 Å². The van der Waals surface area contributed by atoms with Crippen LogP contribution in [0.15, 0.2) is 24.3 Å². The normalized spacial score (nSPS) is 25.5. The molecule has 5 heteroatoms. The van der Waals surface area contributed by atoms with Crippen LogP contribution in [0.5, 0.6) is 5.75 Å². The molecule has 4 nitrogen and oxygen atoms in total. The van der Waals surface area contributed by atoms with Gasteiger partial charge in [0.05, 0.1) is 0 Å². The molecule has 1 aliphatic carbocycles. The Labute approximate surface area is 149 Å². The summed E-state index contributed by atoms with van der Waals surface area (Å²) in [5, 5.41) is 0.668. The van der Waals surface area contributed by atoms with Gasteiger partial charge >= 0.3 is 0 Å². The van der Waals surface area contributed by atoms with E-state index >= 15 is 0 Å². The number of hydrogen-bond donors (Lipinski definition) is 0. The fraction of sp³-hybridized carbons (Fsp3) is 0.632. The van der Waals surface area contributed by atoms with E-state index in [1.165, 1.54) is 25.7 Å². The van der Waals surface area contributed by atoms with Crippen LogP contribution >= 0.6 is 11.6 Å². The summed E-state index contributed by atoms with van der Waals surface area (Å²) in [6.45, 7) is 6.07. The third kappa shape index (κ3) is 4.64. The first-order valence-corrected chi connectivity index (χ1v) is 9.40. The Kier molecular flexibility index (Phi) is 6.01. The highest BCUT2D eigenvalue weighted by Gasteiger charge is 2.28. The third-order valence-electron chi connectivity index (χ3n) is 5.27. The van der Waals surface area contributed by atoms with Gasteiger partial charge in [-0.1, -0.05) is 31.4 Å². The van der Waals surface area contributed by atoms with E-state index in [0.29, 0.717) is 10.8 Å². The molecule has 2 aliphatic rings. The molecule has 1 saturated carbocycles. The smallest absolute Gasteiger partial charge is 0.260 e. The number of benzene rings is 1. The van der Waals surface area contributed by atoms with Crippen LogP contribution in [0.25, 0.3) is 0 Å². The van der Waals surface area contributed by atoms with Gasteiger partial charge in [-0.15, -0.1) is 0 Å². The Morgan fingerprint density at radius 3 is 2.54 bits per heavy atom. The van der Waals surface area contributed by atoms with Crippen LogP contribution in [0.3, 0.4) is 0 Å². The summed E-state index contributed by atoms with van der Waals surface area (Å²) in [6, 6.07) is 7.84. The van der Waals surface area contributed by atoms with E-state index in [4.69, 9.17) is 16.3 Å². The van der Waals surface area contributed by atoms with E-state index in [1.807, 2.05) is 4.90 Å². The lowest BCUT2D eigenvalue weighted by atomic mass is 9.86. The average molecular weight is 351 g/mol. The highest BCUT2D eigenvalue weighted by Crippen LogP contribution is 2.28. The Balaban J connectivity index is 1.42. The van der Waals surface area contributed by atoms with Gasteiger partial charge in [-0.3, -0.25) is 9.69 Å². The molecule has 0 aromatic heterocycles. The number of piperazine rings is 1. The van der Waals surface area contributed by atoms with Crippen LogP contribution < -0.4 is 4.74 Å². The van der Waals surface area contributed by atoms with Gasteiger partial charge < -0.3 is 9.64 Å². The standard InChI is InChI=1S/C19H27ClN2O2/c1-15-3-2-4-17(13-15)21-9-11-22(12-10-21)19(23)14-24-18-7-5-16(20)6-8-18/h5-8,15,17H,2-4,9-14H2,1H3. The first kappa shape index (κ1) is 17.6.